The minimum atomic E-state index is -1.08. The van der Waals surface area contributed by atoms with E-state index in [0.29, 0.717) is 32.8 Å². The van der Waals surface area contributed by atoms with Crippen LogP contribution in [0.15, 0.2) is 55.4 Å². The van der Waals surface area contributed by atoms with Crippen LogP contribution < -0.4 is 20.6 Å². The van der Waals surface area contributed by atoms with Crippen molar-refractivity contribution in [2.24, 2.45) is 10.1 Å². The van der Waals surface area contributed by atoms with E-state index in [1.165, 1.54) is 18.2 Å². The number of hydrogen-bond acceptors (Lipinski definition) is 7. The molecule has 184 valence electrons. The number of fused-ring (bicyclic) bond motifs is 2. The van der Waals surface area contributed by atoms with Crippen LogP contribution in [-0.2, 0) is 9.59 Å². The first-order valence-electron chi connectivity index (χ1n) is 11.2. The number of amides is 1. The lowest BCUT2D eigenvalue weighted by molar-refractivity contribution is -0.139. The molecule has 0 fully saturated rings. The monoisotopic (exact) mass is 622 g/mol. The number of amidine groups is 1. The summed E-state index contributed by atoms with van der Waals surface area (Å²) in [6.07, 6.45) is 3.78. The highest BCUT2D eigenvalue weighted by molar-refractivity contribution is 9.10. The van der Waals surface area contributed by atoms with Crippen molar-refractivity contribution < 1.29 is 19.4 Å². The standard InChI is InChI=1S/C24H24Br2N4O4S/c1-2-3-4-5-10-35-24-28-23(33)21-16-11-14(25)6-8-18(16)27-22(30(21)29-24)17-12-15(26)7-9-19(17)34-13-20(31)32/h6-9,11-12,22H,2-5,10,13H2,1H3,(H,31,32)(H,28,29,33). The summed E-state index contributed by atoms with van der Waals surface area (Å²) in [6, 6.07) is 10.8. The predicted molar refractivity (Wildman–Crippen MR) is 142 cm³/mol. The maximum absolute atomic E-state index is 13.3. The van der Waals surface area contributed by atoms with Gasteiger partial charge in [-0.1, -0.05) is 69.8 Å². The number of carboxylic acids is 1. The second-order valence-corrected chi connectivity index (χ2v) is 10.9. The Hall–Kier alpha value is -2.37. The van der Waals surface area contributed by atoms with Crippen molar-refractivity contribution >= 4 is 66.4 Å². The fourth-order valence-electron chi connectivity index (χ4n) is 3.81. The Morgan fingerprint density at radius 3 is 2.71 bits per heavy atom. The molecule has 2 aliphatic heterocycles. The number of carbonyl (C=O) groups is 2. The van der Waals surface area contributed by atoms with E-state index in [1.54, 1.807) is 17.1 Å². The van der Waals surface area contributed by atoms with E-state index < -0.39 is 18.7 Å². The molecule has 0 aromatic heterocycles. The number of carbonyl (C=O) groups excluding carboxylic acids is 1. The molecule has 2 aliphatic rings. The fraction of sp³-hybridized carbons (Fsp3) is 0.333. The summed E-state index contributed by atoms with van der Waals surface area (Å²) in [5.41, 5.74) is 0.971. The van der Waals surface area contributed by atoms with Gasteiger partial charge in [-0.2, -0.15) is 0 Å². The highest BCUT2D eigenvalue weighted by atomic mass is 79.9. The molecule has 1 amide bonds. The normalized spacial score (nSPS) is 16.6. The molecule has 0 aliphatic carbocycles. The van der Waals surface area contributed by atoms with Gasteiger partial charge in [-0.15, -0.1) is 5.10 Å². The van der Waals surface area contributed by atoms with E-state index >= 15 is 0 Å². The molecule has 2 N–H and O–H groups in total. The fourth-order valence-corrected chi connectivity index (χ4v) is 5.40. The summed E-state index contributed by atoms with van der Waals surface area (Å²) < 4.78 is 7.16. The van der Waals surface area contributed by atoms with Crippen molar-refractivity contribution in [1.82, 2.24) is 10.3 Å². The smallest absolute Gasteiger partial charge is 0.341 e. The molecule has 2 aromatic rings. The Bertz CT molecular complexity index is 1300. The number of rotatable bonds is 9. The molecule has 2 heterocycles. The van der Waals surface area contributed by atoms with Crippen LogP contribution >= 0.6 is 43.6 Å². The summed E-state index contributed by atoms with van der Waals surface area (Å²) in [7, 11) is 0. The van der Waals surface area contributed by atoms with Gasteiger partial charge >= 0.3 is 5.97 Å². The first-order valence-corrected chi connectivity index (χ1v) is 13.8. The highest BCUT2D eigenvalue weighted by Crippen LogP contribution is 2.37. The number of aliphatic carboxylic acids is 1. The predicted octanol–water partition coefficient (Wildman–Crippen LogP) is 4.13. The average Bonchev–Trinajstić information content (AvgIpc) is 2.82. The van der Waals surface area contributed by atoms with E-state index in [-0.39, 0.29) is 5.91 Å². The zero-order valence-electron chi connectivity index (χ0n) is 19.0. The van der Waals surface area contributed by atoms with Gasteiger partial charge in [-0.05, 0) is 42.8 Å². The zero-order chi connectivity index (χ0) is 24.9. The molecule has 1 unspecified atom stereocenters. The maximum atomic E-state index is 13.3. The summed E-state index contributed by atoms with van der Waals surface area (Å²) >= 11 is 8.47. The van der Waals surface area contributed by atoms with E-state index in [1.807, 2.05) is 24.3 Å². The summed E-state index contributed by atoms with van der Waals surface area (Å²) in [5, 5.41) is 20.2. The second-order valence-electron chi connectivity index (χ2n) is 7.99. The van der Waals surface area contributed by atoms with Crippen LogP contribution in [0.3, 0.4) is 0 Å². The van der Waals surface area contributed by atoms with Crippen LogP contribution in [0.2, 0.25) is 0 Å². The maximum Gasteiger partial charge on any atom is 0.341 e. The Kier molecular flexibility index (Phi) is 8.51. The van der Waals surface area contributed by atoms with Crippen LogP contribution in [0.25, 0.3) is 5.70 Å². The minimum Gasteiger partial charge on any atom is -0.481 e. The van der Waals surface area contributed by atoms with Gasteiger partial charge in [0.25, 0.3) is 5.91 Å². The molecular weight excluding hydrogens is 600 g/mol. The Labute approximate surface area is 223 Å². The Balaban J connectivity index is 1.79. The van der Waals surface area contributed by atoms with Crippen LogP contribution in [0.1, 0.15) is 44.3 Å². The van der Waals surface area contributed by atoms with Crippen molar-refractivity contribution in [3.05, 3.63) is 61.5 Å². The first kappa shape index (κ1) is 25.7. The van der Waals surface area contributed by atoms with Gasteiger partial charge in [0.15, 0.2) is 17.9 Å². The van der Waals surface area contributed by atoms with Crippen LogP contribution in [0.5, 0.6) is 5.75 Å². The number of ether oxygens (including phenoxy) is 1. The van der Waals surface area contributed by atoms with Gasteiger partial charge in [0.1, 0.15) is 11.4 Å². The number of unbranched alkanes of at least 4 members (excludes halogenated alkanes) is 3. The highest BCUT2D eigenvalue weighted by Gasteiger charge is 2.36. The van der Waals surface area contributed by atoms with Crippen molar-refractivity contribution in [1.29, 1.82) is 0 Å². The van der Waals surface area contributed by atoms with Gasteiger partial charge in [-0.3, -0.25) is 15.1 Å². The van der Waals surface area contributed by atoms with E-state index in [4.69, 9.17) is 19.9 Å². The van der Waals surface area contributed by atoms with Crippen molar-refractivity contribution in [3.63, 3.8) is 0 Å². The largest absolute Gasteiger partial charge is 0.481 e. The number of hydrazone groups is 1. The third-order valence-corrected chi connectivity index (χ3v) is 7.34. The lowest BCUT2D eigenvalue weighted by atomic mass is 10.1. The van der Waals surface area contributed by atoms with Crippen LogP contribution in [0, 0.1) is 0 Å². The van der Waals surface area contributed by atoms with Gasteiger partial charge < -0.3 is 9.84 Å². The molecule has 0 saturated heterocycles. The van der Waals surface area contributed by atoms with Crippen molar-refractivity contribution in [2.45, 2.75) is 38.8 Å². The molecule has 0 radical (unpaired) electrons. The summed E-state index contributed by atoms with van der Waals surface area (Å²) in [5.74, 6) is -0.146. The van der Waals surface area contributed by atoms with Gasteiger partial charge in [-0.25, -0.2) is 9.80 Å². The van der Waals surface area contributed by atoms with Gasteiger partial charge in [0, 0.05) is 25.5 Å². The van der Waals surface area contributed by atoms with Gasteiger partial charge in [0.05, 0.1) is 5.36 Å². The van der Waals surface area contributed by atoms with Crippen molar-refractivity contribution in [3.8, 4) is 5.75 Å². The summed E-state index contributed by atoms with van der Waals surface area (Å²) in [4.78, 5) is 29.4. The second kappa shape index (κ2) is 11.6. The van der Waals surface area contributed by atoms with Crippen molar-refractivity contribution in [2.75, 3.05) is 12.4 Å². The summed E-state index contributed by atoms with van der Waals surface area (Å²) in [6.45, 7) is 1.67. The molecule has 0 bridgehead atoms. The van der Waals surface area contributed by atoms with E-state index in [0.717, 1.165) is 34.0 Å². The number of halogens is 2. The number of nitrogens with one attached hydrogen (secondary N) is 1. The SMILES string of the molecule is CCCCCCSC1=NN2C(=c3cc(Br)ccc3=NC2c2cc(Br)ccc2OCC(=O)O)C(=O)N1. The minimum absolute atomic E-state index is 0.265. The third-order valence-electron chi connectivity index (χ3n) is 5.41. The Morgan fingerprint density at radius 1 is 1.17 bits per heavy atom. The lowest BCUT2D eigenvalue weighted by Crippen LogP contribution is -2.50. The third kappa shape index (κ3) is 6.07. The number of carboxylic acid groups (broad SMARTS) is 1. The lowest BCUT2D eigenvalue weighted by Gasteiger charge is -2.34. The Morgan fingerprint density at radius 2 is 1.94 bits per heavy atom. The molecule has 8 nitrogen and oxygen atoms in total. The van der Waals surface area contributed by atoms with Crippen LogP contribution in [-0.4, -0.2) is 39.5 Å². The topological polar surface area (TPSA) is 104 Å². The zero-order valence-corrected chi connectivity index (χ0v) is 23.0. The molecule has 2 aromatic carbocycles. The average molecular weight is 624 g/mol. The quantitative estimate of drug-likeness (QED) is 0.407. The molecule has 1 atom stereocenters. The number of benzene rings is 2. The molecule has 4 rings (SSSR count). The number of hydrogen-bond donors (Lipinski definition) is 2. The number of nitrogens with zero attached hydrogens (tertiary/aromatic N) is 3. The molecule has 11 heteroatoms. The van der Waals surface area contributed by atoms with E-state index in [9.17, 15) is 9.59 Å². The molecule has 35 heavy (non-hydrogen) atoms. The number of thioether (sulfide) groups is 1. The van der Waals surface area contributed by atoms with Crippen LogP contribution in [0.4, 0.5) is 0 Å². The first-order chi connectivity index (χ1) is 16.9. The van der Waals surface area contributed by atoms with E-state index in [2.05, 4.69) is 44.1 Å². The van der Waals surface area contributed by atoms with Gasteiger partial charge in [0.2, 0.25) is 0 Å². The molecular formula is C24H24Br2N4O4S. The molecule has 0 spiro atoms. The molecule has 0 saturated carbocycles.